The van der Waals surface area contributed by atoms with Crippen LogP contribution in [0.1, 0.15) is 29.2 Å². The minimum absolute atomic E-state index is 0.760. The molecular formula is C19H12OS4. The first-order chi connectivity index (χ1) is 11.9. The van der Waals surface area contributed by atoms with Crippen molar-refractivity contribution < 1.29 is 4.79 Å². The van der Waals surface area contributed by atoms with Gasteiger partial charge in [0, 0.05) is 30.7 Å². The summed E-state index contributed by atoms with van der Waals surface area (Å²) in [5.74, 6) is 0. The summed E-state index contributed by atoms with van der Waals surface area (Å²) in [6.45, 7) is 0. The SMILES string of the molecule is O=Cc1ccc(C(=C(c2cccs2)c2cccs2)c2cccs2)s1. The highest BCUT2D eigenvalue weighted by molar-refractivity contribution is 7.17. The lowest BCUT2D eigenvalue weighted by molar-refractivity contribution is 0.112. The topological polar surface area (TPSA) is 17.1 Å². The number of hydrogen-bond acceptors (Lipinski definition) is 5. The summed E-state index contributed by atoms with van der Waals surface area (Å²) in [7, 11) is 0. The van der Waals surface area contributed by atoms with Gasteiger partial charge < -0.3 is 0 Å². The third kappa shape index (κ3) is 2.96. The Kier molecular flexibility index (Phi) is 4.58. The molecule has 0 saturated carbocycles. The van der Waals surface area contributed by atoms with Gasteiger partial charge in [0.05, 0.1) is 4.88 Å². The summed E-state index contributed by atoms with van der Waals surface area (Å²) in [4.78, 5) is 16.8. The minimum atomic E-state index is 0.760. The molecule has 0 aliphatic heterocycles. The van der Waals surface area contributed by atoms with Crippen molar-refractivity contribution in [3.05, 3.63) is 89.1 Å². The van der Waals surface area contributed by atoms with Crippen LogP contribution < -0.4 is 0 Å². The molecule has 5 heteroatoms. The molecule has 4 aromatic rings. The lowest BCUT2D eigenvalue weighted by Gasteiger charge is -2.11. The second-order valence-electron chi connectivity index (χ2n) is 5.00. The molecule has 0 bridgehead atoms. The van der Waals surface area contributed by atoms with E-state index in [1.165, 1.54) is 25.8 Å². The van der Waals surface area contributed by atoms with Gasteiger partial charge in [0.1, 0.15) is 0 Å². The van der Waals surface area contributed by atoms with Crippen LogP contribution in [0.5, 0.6) is 0 Å². The molecular weight excluding hydrogens is 372 g/mol. The van der Waals surface area contributed by atoms with Crippen molar-refractivity contribution in [2.45, 2.75) is 0 Å². The molecule has 0 spiro atoms. The molecule has 0 atom stereocenters. The predicted molar refractivity (Wildman–Crippen MR) is 108 cm³/mol. The molecule has 0 amide bonds. The molecule has 4 aromatic heterocycles. The molecule has 24 heavy (non-hydrogen) atoms. The van der Waals surface area contributed by atoms with Crippen LogP contribution in [0.3, 0.4) is 0 Å². The van der Waals surface area contributed by atoms with E-state index in [0.717, 1.165) is 16.0 Å². The first-order valence-corrected chi connectivity index (χ1v) is 10.7. The van der Waals surface area contributed by atoms with E-state index in [2.05, 4.69) is 58.6 Å². The Hall–Kier alpha value is -1.79. The number of rotatable bonds is 5. The quantitative estimate of drug-likeness (QED) is 0.348. The van der Waals surface area contributed by atoms with E-state index in [0.29, 0.717) is 0 Å². The molecule has 1 nitrogen and oxygen atoms in total. The third-order valence-corrected chi connectivity index (χ3v) is 7.23. The average Bonchev–Trinajstić information content (AvgIpc) is 3.42. The van der Waals surface area contributed by atoms with E-state index in [9.17, 15) is 4.79 Å². The summed E-state index contributed by atoms with van der Waals surface area (Å²) in [5, 5.41) is 6.32. The van der Waals surface area contributed by atoms with Crippen LogP contribution in [-0.4, -0.2) is 6.29 Å². The summed E-state index contributed by atoms with van der Waals surface area (Å²) >= 11 is 6.79. The molecule has 4 rings (SSSR count). The van der Waals surface area contributed by atoms with Gasteiger partial charge in [0.25, 0.3) is 0 Å². The second kappa shape index (κ2) is 6.99. The number of hydrogen-bond donors (Lipinski definition) is 0. The fourth-order valence-corrected chi connectivity index (χ4v) is 5.94. The van der Waals surface area contributed by atoms with Crippen LogP contribution in [0.25, 0.3) is 11.1 Å². The van der Waals surface area contributed by atoms with E-state index in [1.54, 1.807) is 45.3 Å². The van der Waals surface area contributed by atoms with Gasteiger partial charge >= 0.3 is 0 Å². The lowest BCUT2D eigenvalue weighted by atomic mass is 10.0. The largest absolute Gasteiger partial charge is 0.297 e. The first kappa shape index (κ1) is 15.7. The van der Waals surface area contributed by atoms with Gasteiger partial charge in [-0.3, -0.25) is 4.79 Å². The van der Waals surface area contributed by atoms with Crippen molar-refractivity contribution in [1.29, 1.82) is 0 Å². The zero-order valence-corrected chi connectivity index (χ0v) is 15.7. The highest BCUT2D eigenvalue weighted by atomic mass is 32.1. The van der Waals surface area contributed by atoms with Crippen molar-refractivity contribution >= 4 is 62.8 Å². The van der Waals surface area contributed by atoms with Crippen LogP contribution in [0, 0.1) is 0 Å². The van der Waals surface area contributed by atoms with Crippen LogP contribution in [0.4, 0.5) is 0 Å². The fourth-order valence-electron chi connectivity index (χ4n) is 2.55. The molecule has 118 valence electrons. The second-order valence-corrected chi connectivity index (χ2v) is 8.96. The molecule has 0 unspecified atom stereocenters. The fraction of sp³-hybridized carbons (Fsp3) is 0. The van der Waals surface area contributed by atoms with Gasteiger partial charge in [-0.1, -0.05) is 18.2 Å². The van der Waals surface area contributed by atoms with Crippen molar-refractivity contribution in [3.63, 3.8) is 0 Å². The van der Waals surface area contributed by atoms with Crippen LogP contribution in [0.2, 0.25) is 0 Å². The van der Waals surface area contributed by atoms with Gasteiger partial charge in [-0.2, -0.15) is 0 Å². The predicted octanol–water partition coefficient (Wildman–Crippen LogP) is 6.75. The minimum Gasteiger partial charge on any atom is -0.297 e. The number of carbonyl (C=O) groups is 1. The lowest BCUT2D eigenvalue weighted by Crippen LogP contribution is -1.90. The Morgan fingerprint density at radius 2 is 1.17 bits per heavy atom. The molecule has 0 N–H and O–H groups in total. The van der Waals surface area contributed by atoms with Crippen LogP contribution in [-0.2, 0) is 0 Å². The molecule has 0 aliphatic carbocycles. The highest BCUT2D eigenvalue weighted by Crippen LogP contribution is 2.43. The smallest absolute Gasteiger partial charge is 0.160 e. The number of carbonyl (C=O) groups excluding carboxylic acids is 1. The highest BCUT2D eigenvalue weighted by Gasteiger charge is 2.19. The molecule has 0 saturated heterocycles. The van der Waals surface area contributed by atoms with E-state index < -0.39 is 0 Å². The van der Waals surface area contributed by atoms with Gasteiger partial charge in [0.2, 0.25) is 0 Å². The summed E-state index contributed by atoms with van der Waals surface area (Å²) in [6.07, 6.45) is 0.927. The summed E-state index contributed by atoms with van der Waals surface area (Å²) in [5.41, 5.74) is 2.47. The maximum Gasteiger partial charge on any atom is 0.160 e. The van der Waals surface area contributed by atoms with Crippen LogP contribution in [0.15, 0.2) is 64.7 Å². The summed E-state index contributed by atoms with van der Waals surface area (Å²) < 4.78 is 0. The Bertz CT molecular complexity index is 919. The Balaban J connectivity index is 2.04. The monoisotopic (exact) mass is 384 g/mol. The molecule has 4 heterocycles. The van der Waals surface area contributed by atoms with Crippen molar-refractivity contribution in [1.82, 2.24) is 0 Å². The van der Waals surface area contributed by atoms with E-state index >= 15 is 0 Å². The van der Waals surface area contributed by atoms with Crippen LogP contribution >= 0.6 is 45.3 Å². The number of thiophene rings is 4. The van der Waals surface area contributed by atoms with E-state index in [1.807, 2.05) is 6.07 Å². The average molecular weight is 385 g/mol. The van der Waals surface area contributed by atoms with E-state index in [-0.39, 0.29) is 0 Å². The molecule has 0 fully saturated rings. The van der Waals surface area contributed by atoms with Crippen molar-refractivity contribution in [2.75, 3.05) is 0 Å². The summed E-state index contributed by atoms with van der Waals surface area (Å²) in [6, 6.07) is 16.7. The molecule has 0 radical (unpaired) electrons. The maximum atomic E-state index is 11.2. The van der Waals surface area contributed by atoms with Crippen molar-refractivity contribution in [3.8, 4) is 0 Å². The van der Waals surface area contributed by atoms with E-state index in [4.69, 9.17) is 0 Å². The Labute approximate surface area is 156 Å². The van der Waals surface area contributed by atoms with Crippen molar-refractivity contribution in [2.24, 2.45) is 0 Å². The Morgan fingerprint density at radius 3 is 1.54 bits per heavy atom. The standard InChI is InChI=1S/C19H12OS4/c20-12-13-7-8-17(24-13)19(16-6-3-11-23-16)18(14-4-1-9-21-14)15-5-2-10-22-15/h1-12H. The number of aldehydes is 1. The molecule has 0 aliphatic rings. The van der Waals surface area contributed by atoms with Gasteiger partial charge in [-0.15, -0.1) is 45.3 Å². The molecule has 0 aromatic carbocycles. The third-order valence-electron chi connectivity index (χ3n) is 3.54. The van der Waals surface area contributed by atoms with Gasteiger partial charge in [-0.05, 0) is 46.5 Å². The zero-order chi connectivity index (χ0) is 16.4. The maximum absolute atomic E-state index is 11.2. The zero-order valence-electron chi connectivity index (χ0n) is 12.5. The Morgan fingerprint density at radius 1 is 0.667 bits per heavy atom. The normalized spacial score (nSPS) is 10.7. The van der Waals surface area contributed by atoms with Gasteiger partial charge in [-0.25, -0.2) is 0 Å². The first-order valence-electron chi connectivity index (χ1n) is 7.28. The van der Waals surface area contributed by atoms with Gasteiger partial charge in [0.15, 0.2) is 6.29 Å².